The number of carboxylic acids is 1. The van der Waals surface area contributed by atoms with Gasteiger partial charge in [0.15, 0.2) is 0 Å². The van der Waals surface area contributed by atoms with E-state index < -0.39 is 54.3 Å². The summed E-state index contributed by atoms with van der Waals surface area (Å²) >= 11 is 0. The number of phenolic OH excluding ortho intramolecular Hbond substituents is 1. The molecule has 0 heterocycles. The molecule has 1 aromatic rings. The number of nitrogens with two attached hydrogens (primary N) is 2. The van der Waals surface area contributed by atoms with E-state index in [1.807, 2.05) is 0 Å². The quantitative estimate of drug-likeness (QED) is 0.179. The van der Waals surface area contributed by atoms with Crippen molar-refractivity contribution in [1.29, 1.82) is 0 Å². The maximum Gasteiger partial charge on any atom is 0.322 e. The van der Waals surface area contributed by atoms with Crippen LogP contribution in [0.5, 0.6) is 5.75 Å². The molecule has 182 valence electrons. The average Bonchev–Trinajstić information content (AvgIpc) is 2.74. The molecule has 0 bridgehead atoms. The minimum atomic E-state index is -1.24. The Kier molecular flexibility index (Phi) is 10.8. The van der Waals surface area contributed by atoms with E-state index in [4.69, 9.17) is 16.6 Å². The van der Waals surface area contributed by atoms with Crippen molar-refractivity contribution < 1.29 is 34.2 Å². The molecule has 33 heavy (non-hydrogen) atoms. The minimum absolute atomic E-state index is 0.0130. The number of hydrogen-bond acceptors (Lipinski definition) is 7. The van der Waals surface area contributed by atoms with E-state index in [1.165, 1.54) is 12.1 Å². The molecule has 0 saturated carbocycles. The topological polar surface area (TPSA) is 214 Å². The number of aromatic hydroxyl groups is 1. The van der Waals surface area contributed by atoms with E-state index >= 15 is 0 Å². The first kappa shape index (κ1) is 27.4. The highest BCUT2D eigenvalue weighted by Crippen LogP contribution is 2.12. The van der Waals surface area contributed by atoms with Gasteiger partial charge in [-0.3, -0.25) is 24.0 Å². The van der Waals surface area contributed by atoms with Crippen LogP contribution >= 0.6 is 0 Å². The second-order valence-corrected chi connectivity index (χ2v) is 7.89. The largest absolute Gasteiger partial charge is 0.508 e. The van der Waals surface area contributed by atoms with Gasteiger partial charge in [-0.25, -0.2) is 0 Å². The number of nitrogens with one attached hydrogen (secondary N) is 3. The Morgan fingerprint density at radius 2 is 1.58 bits per heavy atom. The van der Waals surface area contributed by atoms with Crippen LogP contribution in [0.15, 0.2) is 24.3 Å². The van der Waals surface area contributed by atoms with Gasteiger partial charge in [-0.2, -0.15) is 0 Å². The third kappa shape index (κ3) is 9.99. The monoisotopic (exact) mass is 465 g/mol. The van der Waals surface area contributed by atoms with Crippen molar-refractivity contribution in [3.63, 3.8) is 0 Å². The fourth-order valence-corrected chi connectivity index (χ4v) is 2.85. The van der Waals surface area contributed by atoms with E-state index in [1.54, 1.807) is 26.0 Å². The van der Waals surface area contributed by atoms with E-state index in [0.717, 1.165) is 0 Å². The molecule has 1 rings (SSSR count). The third-order valence-electron chi connectivity index (χ3n) is 4.71. The molecule has 12 nitrogen and oxygen atoms in total. The normalized spacial score (nSPS) is 13.5. The van der Waals surface area contributed by atoms with Gasteiger partial charge in [0.25, 0.3) is 0 Å². The molecular weight excluding hydrogens is 434 g/mol. The summed E-state index contributed by atoms with van der Waals surface area (Å²) in [6.45, 7) is 2.72. The van der Waals surface area contributed by atoms with Crippen LogP contribution in [0.2, 0.25) is 0 Å². The van der Waals surface area contributed by atoms with Gasteiger partial charge in [-0.1, -0.05) is 26.0 Å². The molecule has 0 radical (unpaired) electrons. The highest BCUT2D eigenvalue weighted by molar-refractivity contribution is 5.94. The molecule has 0 spiro atoms. The van der Waals surface area contributed by atoms with Gasteiger partial charge < -0.3 is 37.6 Å². The van der Waals surface area contributed by atoms with Crippen LogP contribution in [0.1, 0.15) is 32.3 Å². The smallest absolute Gasteiger partial charge is 0.322 e. The zero-order valence-corrected chi connectivity index (χ0v) is 18.5. The molecule has 1 aromatic carbocycles. The van der Waals surface area contributed by atoms with Gasteiger partial charge in [-0.15, -0.1) is 0 Å². The predicted octanol–water partition coefficient (Wildman–Crippen LogP) is -1.65. The van der Waals surface area contributed by atoms with Crippen molar-refractivity contribution in [2.24, 2.45) is 17.4 Å². The molecule has 4 amide bonds. The number of primary amides is 1. The molecule has 0 aliphatic heterocycles. The van der Waals surface area contributed by atoms with Gasteiger partial charge in [0, 0.05) is 12.8 Å². The Morgan fingerprint density at radius 3 is 2.09 bits per heavy atom. The number of aliphatic carboxylic acids is 1. The van der Waals surface area contributed by atoms with E-state index in [2.05, 4.69) is 16.0 Å². The van der Waals surface area contributed by atoms with Gasteiger partial charge >= 0.3 is 5.97 Å². The Bertz CT molecular complexity index is 857. The number of phenols is 1. The lowest BCUT2D eigenvalue weighted by atomic mass is 10.0. The van der Waals surface area contributed by atoms with E-state index in [0.29, 0.717) is 5.56 Å². The first-order chi connectivity index (χ1) is 15.4. The van der Waals surface area contributed by atoms with E-state index in [9.17, 15) is 29.1 Å². The van der Waals surface area contributed by atoms with Crippen LogP contribution < -0.4 is 27.4 Å². The SMILES string of the molecule is CC(C)C(NC(=O)C(Cc1ccc(O)cc1)NC(=O)C(N)CCC(N)=O)C(=O)NCC(=O)O. The Labute approximate surface area is 191 Å². The van der Waals surface area contributed by atoms with Crippen LogP contribution in [0.3, 0.4) is 0 Å². The van der Waals surface area contributed by atoms with Crippen LogP contribution in [0, 0.1) is 5.92 Å². The second kappa shape index (κ2) is 13.0. The van der Waals surface area contributed by atoms with Gasteiger partial charge in [0.1, 0.15) is 24.4 Å². The van der Waals surface area contributed by atoms with Crippen LogP contribution in [-0.2, 0) is 30.4 Å². The summed E-state index contributed by atoms with van der Waals surface area (Å²) in [7, 11) is 0. The van der Waals surface area contributed by atoms with Crippen molar-refractivity contribution >= 4 is 29.6 Å². The lowest BCUT2D eigenvalue weighted by molar-refractivity contribution is -0.139. The Morgan fingerprint density at radius 1 is 0.970 bits per heavy atom. The molecule has 0 aromatic heterocycles. The van der Waals surface area contributed by atoms with Gasteiger partial charge in [0.05, 0.1) is 6.04 Å². The van der Waals surface area contributed by atoms with Crippen LogP contribution in [0.25, 0.3) is 0 Å². The molecular formula is C21H31N5O7. The highest BCUT2D eigenvalue weighted by atomic mass is 16.4. The maximum atomic E-state index is 13.0. The number of carboxylic acid groups (broad SMARTS) is 1. The number of amides is 4. The average molecular weight is 466 g/mol. The fourth-order valence-electron chi connectivity index (χ4n) is 2.85. The van der Waals surface area contributed by atoms with Crippen LogP contribution in [0.4, 0.5) is 0 Å². The lowest BCUT2D eigenvalue weighted by Gasteiger charge is -2.26. The molecule has 12 heteroatoms. The number of carbonyl (C=O) groups is 5. The summed E-state index contributed by atoms with van der Waals surface area (Å²) in [5, 5.41) is 25.5. The summed E-state index contributed by atoms with van der Waals surface area (Å²) < 4.78 is 0. The molecule has 0 aliphatic carbocycles. The van der Waals surface area contributed by atoms with Crippen molar-refractivity contribution in [3.8, 4) is 5.75 Å². The van der Waals surface area contributed by atoms with E-state index in [-0.39, 0.29) is 30.9 Å². The molecule has 3 unspecified atom stereocenters. The molecule has 0 aliphatic rings. The zero-order valence-electron chi connectivity index (χ0n) is 18.5. The molecule has 9 N–H and O–H groups in total. The minimum Gasteiger partial charge on any atom is -0.508 e. The van der Waals surface area contributed by atoms with Crippen LogP contribution in [-0.4, -0.2) is 64.5 Å². The van der Waals surface area contributed by atoms with Crippen molar-refractivity contribution in [2.45, 2.75) is 51.2 Å². The maximum absolute atomic E-state index is 13.0. The first-order valence-corrected chi connectivity index (χ1v) is 10.3. The molecule has 0 fully saturated rings. The van der Waals surface area contributed by atoms with Gasteiger partial charge in [0.2, 0.25) is 23.6 Å². The fraction of sp³-hybridized carbons (Fsp3) is 0.476. The van der Waals surface area contributed by atoms with Crippen molar-refractivity contribution in [2.75, 3.05) is 6.54 Å². The van der Waals surface area contributed by atoms with Gasteiger partial charge in [-0.05, 0) is 30.0 Å². The number of rotatable bonds is 13. The summed E-state index contributed by atoms with van der Waals surface area (Å²) in [5.41, 5.74) is 11.5. The Hall–Kier alpha value is -3.67. The molecule has 3 atom stereocenters. The third-order valence-corrected chi connectivity index (χ3v) is 4.71. The Balaban J connectivity index is 3.01. The summed E-state index contributed by atoms with van der Waals surface area (Å²) in [6.07, 6.45) is -0.106. The lowest BCUT2D eigenvalue weighted by Crippen LogP contribution is -2.57. The first-order valence-electron chi connectivity index (χ1n) is 10.3. The summed E-state index contributed by atoms with van der Waals surface area (Å²) in [6, 6.07) is 2.67. The predicted molar refractivity (Wildman–Crippen MR) is 118 cm³/mol. The zero-order chi connectivity index (χ0) is 25.1. The number of carbonyl (C=O) groups excluding carboxylic acids is 4. The summed E-state index contributed by atoms with van der Waals surface area (Å²) in [4.78, 5) is 59.5. The highest BCUT2D eigenvalue weighted by Gasteiger charge is 2.30. The number of benzene rings is 1. The van der Waals surface area contributed by atoms with Crippen molar-refractivity contribution in [3.05, 3.63) is 29.8 Å². The number of hydrogen-bond donors (Lipinski definition) is 7. The van der Waals surface area contributed by atoms with Crippen molar-refractivity contribution in [1.82, 2.24) is 16.0 Å². The molecule has 0 saturated heterocycles. The summed E-state index contributed by atoms with van der Waals surface area (Å²) in [5.74, 6) is -4.29. The second-order valence-electron chi connectivity index (χ2n) is 7.89. The standard InChI is InChI=1S/C21H31N5O7/c1-11(2)18(21(33)24-10-17(29)30)26-20(32)15(9-12-3-5-13(27)6-4-12)25-19(31)14(22)7-8-16(23)28/h3-6,11,14-15,18,27H,7-10,22H2,1-2H3,(H2,23,28)(H,24,33)(H,25,31)(H,26,32)(H,29,30).